The molecule has 1 aromatic rings. The summed E-state index contributed by atoms with van der Waals surface area (Å²) in [6.45, 7) is 6.62. The molecule has 0 N–H and O–H groups in total. The molecule has 0 radical (unpaired) electrons. The third-order valence-electron chi connectivity index (χ3n) is 1.74. The first kappa shape index (κ1) is 9.16. The molecule has 0 fully saturated rings. The lowest BCUT2D eigenvalue weighted by atomic mass is 9.92. The summed E-state index contributed by atoms with van der Waals surface area (Å²) in [5, 5.41) is 7.86. The maximum absolute atomic E-state index is 3.93. The molecule has 0 amide bonds. The standard InChI is InChI=1S/C8H17N4/c1-8(2,3)6-7-11(4)9-10-12(7)5/h6H2,1-5H3/q+1. The van der Waals surface area contributed by atoms with Crippen molar-refractivity contribution >= 4 is 0 Å². The summed E-state index contributed by atoms with van der Waals surface area (Å²) < 4.78 is 3.65. The van der Waals surface area contributed by atoms with Gasteiger partial charge in [-0.15, -0.1) is 4.68 Å². The summed E-state index contributed by atoms with van der Waals surface area (Å²) in [7, 11) is 3.85. The van der Waals surface area contributed by atoms with Crippen molar-refractivity contribution < 1.29 is 4.68 Å². The van der Waals surface area contributed by atoms with E-state index in [9.17, 15) is 0 Å². The van der Waals surface area contributed by atoms with Crippen molar-refractivity contribution in [3.63, 3.8) is 0 Å². The van der Waals surface area contributed by atoms with Crippen LogP contribution in [-0.4, -0.2) is 15.1 Å². The van der Waals surface area contributed by atoms with Crippen LogP contribution in [0.2, 0.25) is 0 Å². The van der Waals surface area contributed by atoms with Crippen LogP contribution < -0.4 is 4.68 Å². The first-order chi connectivity index (χ1) is 5.40. The van der Waals surface area contributed by atoms with Crippen LogP contribution in [0.25, 0.3) is 0 Å². The maximum Gasteiger partial charge on any atom is 0.256 e. The van der Waals surface area contributed by atoms with E-state index in [-0.39, 0.29) is 5.41 Å². The summed E-state index contributed by atoms with van der Waals surface area (Å²) in [4.78, 5) is 0. The predicted molar refractivity (Wildman–Crippen MR) is 45.3 cm³/mol. The molecule has 0 aromatic carbocycles. The van der Waals surface area contributed by atoms with Crippen LogP contribution in [-0.2, 0) is 20.5 Å². The quantitative estimate of drug-likeness (QED) is 0.564. The molecule has 0 aliphatic rings. The molecule has 0 atom stereocenters. The Morgan fingerprint density at radius 1 is 1.42 bits per heavy atom. The Kier molecular flexibility index (Phi) is 2.17. The largest absolute Gasteiger partial charge is 0.256 e. The number of aromatic nitrogens is 4. The highest BCUT2D eigenvalue weighted by molar-refractivity contribution is 4.79. The second-order valence-corrected chi connectivity index (χ2v) is 4.38. The molecule has 1 aromatic heterocycles. The van der Waals surface area contributed by atoms with Crippen LogP contribution in [0, 0.1) is 5.41 Å². The van der Waals surface area contributed by atoms with Crippen LogP contribution in [0.1, 0.15) is 26.6 Å². The fourth-order valence-electron chi connectivity index (χ4n) is 1.14. The molecule has 4 heteroatoms. The average molecular weight is 169 g/mol. The van der Waals surface area contributed by atoms with Crippen LogP contribution >= 0.6 is 0 Å². The number of rotatable bonds is 1. The third kappa shape index (κ3) is 2.03. The van der Waals surface area contributed by atoms with Crippen LogP contribution in [0.3, 0.4) is 0 Å². The van der Waals surface area contributed by atoms with Gasteiger partial charge >= 0.3 is 0 Å². The van der Waals surface area contributed by atoms with Crippen molar-refractivity contribution in [2.75, 3.05) is 0 Å². The minimum atomic E-state index is 0.285. The van der Waals surface area contributed by atoms with E-state index in [1.807, 2.05) is 23.5 Å². The van der Waals surface area contributed by atoms with Gasteiger partial charge in [0.2, 0.25) is 0 Å². The highest BCUT2D eigenvalue weighted by Gasteiger charge is 2.21. The van der Waals surface area contributed by atoms with Gasteiger partial charge in [0.1, 0.15) is 5.21 Å². The SMILES string of the molecule is Cn1nn[n+](C)c1CC(C)(C)C. The number of nitrogens with zero attached hydrogens (tertiary/aromatic N) is 4. The topological polar surface area (TPSA) is 34.6 Å². The zero-order valence-electron chi connectivity index (χ0n) is 8.50. The highest BCUT2D eigenvalue weighted by atomic mass is 15.6. The summed E-state index contributed by atoms with van der Waals surface area (Å²) in [6.07, 6.45) is 0.993. The van der Waals surface area contributed by atoms with Crippen LogP contribution in [0.4, 0.5) is 0 Å². The lowest BCUT2D eigenvalue weighted by Gasteiger charge is -2.14. The lowest BCUT2D eigenvalue weighted by molar-refractivity contribution is -0.739. The molecule has 0 saturated carbocycles. The molecule has 0 aliphatic carbocycles. The molecule has 0 saturated heterocycles. The summed E-state index contributed by atoms with van der Waals surface area (Å²) in [6, 6.07) is 0. The van der Waals surface area contributed by atoms with E-state index in [0.717, 1.165) is 12.2 Å². The van der Waals surface area contributed by atoms with E-state index in [0.29, 0.717) is 0 Å². The minimum absolute atomic E-state index is 0.285. The monoisotopic (exact) mass is 169 g/mol. The molecular formula is C8H17N4+. The molecule has 68 valence electrons. The maximum atomic E-state index is 3.93. The Balaban J connectivity index is 2.88. The Hall–Kier alpha value is -0.930. The zero-order valence-corrected chi connectivity index (χ0v) is 8.50. The fraction of sp³-hybridized carbons (Fsp3) is 0.875. The molecule has 1 rings (SSSR count). The van der Waals surface area contributed by atoms with Crippen LogP contribution in [0.15, 0.2) is 0 Å². The first-order valence-electron chi connectivity index (χ1n) is 4.15. The number of hydrogen-bond acceptors (Lipinski definition) is 2. The molecule has 0 spiro atoms. The Labute approximate surface area is 73.2 Å². The van der Waals surface area contributed by atoms with Gasteiger partial charge in [0.25, 0.3) is 5.82 Å². The van der Waals surface area contributed by atoms with Gasteiger partial charge in [0.15, 0.2) is 5.21 Å². The van der Waals surface area contributed by atoms with Gasteiger partial charge in [-0.3, -0.25) is 0 Å². The first-order valence-corrected chi connectivity index (χ1v) is 4.15. The summed E-state index contributed by atoms with van der Waals surface area (Å²) in [5.41, 5.74) is 0.285. The predicted octanol–water partition coefficient (Wildman–Crippen LogP) is 0.228. The van der Waals surface area contributed by atoms with Gasteiger partial charge in [-0.2, -0.15) is 0 Å². The Morgan fingerprint density at radius 3 is 2.33 bits per heavy atom. The Bertz CT molecular complexity index is 250. The van der Waals surface area contributed by atoms with Crippen molar-refractivity contribution in [3.05, 3.63) is 5.82 Å². The third-order valence-corrected chi connectivity index (χ3v) is 1.74. The second-order valence-electron chi connectivity index (χ2n) is 4.38. The van der Waals surface area contributed by atoms with Crippen LogP contribution in [0.5, 0.6) is 0 Å². The van der Waals surface area contributed by atoms with Gasteiger partial charge in [-0.25, -0.2) is 0 Å². The average Bonchev–Trinajstić information content (AvgIpc) is 2.16. The smallest absolute Gasteiger partial charge is 0.140 e. The molecular weight excluding hydrogens is 152 g/mol. The normalized spacial score (nSPS) is 12.1. The molecule has 12 heavy (non-hydrogen) atoms. The molecule has 4 nitrogen and oxygen atoms in total. The van der Waals surface area contributed by atoms with Gasteiger partial charge in [-0.05, 0) is 5.41 Å². The number of hydrogen-bond donors (Lipinski definition) is 0. The van der Waals surface area contributed by atoms with E-state index in [1.165, 1.54) is 0 Å². The van der Waals surface area contributed by atoms with Crippen molar-refractivity contribution in [1.29, 1.82) is 0 Å². The van der Waals surface area contributed by atoms with E-state index in [4.69, 9.17) is 0 Å². The molecule has 1 heterocycles. The van der Waals surface area contributed by atoms with Crippen molar-refractivity contribution in [2.24, 2.45) is 19.5 Å². The van der Waals surface area contributed by atoms with Crippen molar-refractivity contribution in [2.45, 2.75) is 27.2 Å². The summed E-state index contributed by atoms with van der Waals surface area (Å²) in [5.74, 6) is 1.16. The highest BCUT2D eigenvalue weighted by Crippen LogP contribution is 2.17. The van der Waals surface area contributed by atoms with Crippen molar-refractivity contribution in [1.82, 2.24) is 15.1 Å². The van der Waals surface area contributed by atoms with E-state index >= 15 is 0 Å². The number of tetrazole rings is 1. The molecule has 0 aliphatic heterocycles. The van der Waals surface area contributed by atoms with Gasteiger partial charge < -0.3 is 0 Å². The zero-order chi connectivity index (χ0) is 9.35. The minimum Gasteiger partial charge on any atom is -0.140 e. The van der Waals surface area contributed by atoms with Gasteiger partial charge in [-0.1, -0.05) is 25.5 Å². The molecule has 0 unspecified atom stereocenters. The Morgan fingerprint density at radius 2 is 2.00 bits per heavy atom. The van der Waals surface area contributed by atoms with Gasteiger partial charge in [0.05, 0.1) is 14.1 Å². The fourth-order valence-corrected chi connectivity index (χ4v) is 1.14. The van der Waals surface area contributed by atoms with Gasteiger partial charge in [0, 0.05) is 6.42 Å². The lowest BCUT2D eigenvalue weighted by Crippen LogP contribution is -2.37. The molecule has 0 bridgehead atoms. The number of aryl methyl sites for hydroxylation is 2. The van der Waals surface area contributed by atoms with E-state index in [1.54, 1.807) is 0 Å². The second kappa shape index (κ2) is 2.84. The van der Waals surface area contributed by atoms with E-state index in [2.05, 4.69) is 31.2 Å². The summed E-state index contributed by atoms with van der Waals surface area (Å²) >= 11 is 0. The van der Waals surface area contributed by atoms with Crippen molar-refractivity contribution in [3.8, 4) is 0 Å². The van der Waals surface area contributed by atoms with E-state index < -0.39 is 0 Å².